The molecule has 2 saturated carbocycles. The molecule has 108 valence electrons. The zero-order valence-electron chi connectivity index (χ0n) is 11.5. The Balaban J connectivity index is 1.76. The van der Waals surface area contributed by atoms with Crippen LogP contribution in [0.3, 0.4) is 0 Å². The van der Waals surface area contributed by atoms with Crippen molar-refractivity contribution in [2.75, 3.05) is 0 Å². The number of rotatable bonds is 3. The minimum absolute atomic E-state index is 0.0273. The number of nitro groups is 1. The summed E-state index contributed by atoms with van der Waals surface area (Å²) >= 11 is 0. The van der Waals surface area contributed by atoms with E-state index in [1.807, 2.05) is 0 Å². The molecule has 0 radical (unpaired) electrons. The van der Waals surface area contributed by atoms with Crippen molar-refractivity contribution in [2.24, 2.45) is 17.8 Å². The molecule has 1 heterocycles. The van der Waals surface area contributed by atoms with Crippen LogP contribution in [0.4, 0.5) is 5.69 Å². The largest absolute Gasteiger partial charge is 0.355 e. The number of carbonyl (C=O) groups is 1. The topological polar surface area (TPSA) is 76.0 Å². The minimum Gasteiger partial charge on any atom is -0.355 e. The SMILES string of the molecule is O=C(c1c[nH]c2c([N+](=O)[O-])cccc12)C1CC2CCC1C2. The maximum absolute atomic E-state index is 12.8. The van der Waals surface area contributed by atoms with E-state index < -0.39 is 4.92 Å². The Hall–Kier alpha value is -2.17. The lowest BCUT2D eigenvalue weighted by atomic mass is 9.83. The highest BCUT2D eigenvalue weighted by atomic mass is 16.6. The molecular formula is C16H16N2O3. The number of fused-ring (bicyclic) bond motifs is 3. The molecule has 0 spiro atoms. The lowest BCUT2D eigenvalue weighted by molar-refractivity contribution is -0.383. The molecule has 2 fully saturated rings. The van der Waals surface area contributed by atoms with Crippen molar-refractivity contribution in [1.82, 2.24) is 4.98 Å². The van der Waals surface area contributed by atoms with Crippen molar-refractivity contribution in [3.8, 4) is 0 Å². The Morgan fingerprint density at radius 1 is 1.29 bits per heavy atom. The van der Waals surface area contributed by atoms with E-state index in [4.69, 9.17) is 0 Å². The van der Waals surface area contributed by atoms with Crippen molar-refractivity contribution in [3.63, 3.8) is 0 Å². The normalized spacial score (nSPS) is 27.3. The summed E-state index contributed by atoms with van der Waals surface area (Å²) in [7, 11) is 0. The van der Waals surface area contributed by atoms with Gasteiger partial charge in [0.2, 0.25) is 0 Å². The smallest absolute Gasteiger partial charge is 0.293 e. The zero-order valence-corrected chi connectivity index (χ0v) is 11.5. The van der Waals surface area contributed by atoms with Crippen LogP contribution in [-0.2, 0) is 0 Å². The molecule has 3 atom stereocenters. The first-order valence-electron chi connectivity index (χ1n) is 7.44. The van der Waals surface area contributed by atoms with E-state index in [9.17, 15) is 14.9 Å². The van der Waals surface area contributed by atoms with Crippen molar-refractivity contribution in [2.45, 2.75) is 25.7 Å². The van der Waals surface area contributed by atoms with Crippen LogP contribution in [0.25, 0.3) is 10.9 Å². The number of Topliss-reactive ketones (excluding diaryl/α,β-unsaturated/α-hetero) is 1. The number of nitro benzene ring substituents is 1. The Kier molecular flexibility index (Phi) is 2.64. The van der Waals surface area contributed by atoms with Gasteiger partial charge in [0.05, 0.1) is 4.92 Å². The van der Waals surface area contributed by atoms with Gasteiger partial charge in [0.25, 0.3) is 5.69 Å². The molecule has 1 aromatic heterocycles. The molecule has 21 heavy (non-hydrogen) atoms. The van der Waals surface area contributed by atoms with E-state index in [-0.39, 0.29) is 17.4 Å². The average Bonchev–Trinajstić information content (AvgIpc) is 3.20. The lowest BCUT2D eigenvalue weighted by Crippen LogP contribution is -2.20. The highest BCUT2D eigenvalue weighted by molar-refractivity contribution is 6.10. The summed E-state index contributed by atoms with van der Waals surface area (Å²) in [6, 6.07) is 4.90. The number of hydrogen-bond donors (Lipinski definition) is 1. The second kappa shape index (κ2) is 4.41. The van der Waals surface area contributed by atoms with Crippen LogP contribution in [0.5, 0.6) is 0 Å². The van der Waals surface area contributed by atoms with Crippen molar-refractivity contribution in [3.05, 3.63) is 40.1 Å². The third-order valence-corrected chi connectivity index (χ3v) is 5.23. The lowest BCUT2D eigenvalue weighted by Gasteiger charge is -2.19. The van der Waals surface area contributed by atoms with Crippen molar-refractivity contribution >= 4 is 22.4 Å². The second-order valence-corrected chi connectivity index (χ2v) is 6.30. The molecule has 3 unspecified atom stereocenters. The number of aromatic amines is 1. The molecule has 5 heteroatoms. The molecule has 4 rings (SSSR count). The fourth-order valence-corrected chi connectivity index (χ4v) is 4.26. The van der Waals surface area contributed by atoms with Crippen LogP contribution in [-0.4, -0.2) is 15.7 Å². The van der Waals surface area contributed by atoms with Crippen LogP contribution in [0.1, 0.15) is 36.0 Å². The molecule has 0 amide bonds. The predicted octanol–water partition coefficient (Wildman–Crippen LogP) is 3.70. The minimum atomic E-state index is -0.412. The number of aromatic nitrogens is 1. The molecule has 2 bridgehead atoms. The number of non-ortho nitro benzene ring substituents is 1. The summed E-state index contributed by atoms with van der Waals surface area (Å²) in [6.07, 6.45) is 6.23. The van der Waals surface area contributed by atoms with Gasteiger partial charge in [-0.2, -0.15) is 0 Å². The summed E-state index contributed by atoms with van der Waals surface area (Å²) in [5, 5.41) is 11.7. The molecule has 1 N–H and O–H groups in total. The molecule has 2 aliphatic carbocycles. The number of para-hydroxylation sites is 1. The molecule has 2 aromatic rings. The summed E-state index contributed by atoms with van der Waals surface area (Å²) in [5.74, 6) is 1.51. The third-order valence-electron chi connectivity index (χ3n) is 5.23. The van der Waals surface area contributed by atoms with Crippen molar-refractivity contribution < 1.29 is 9.72 Å². The maximum Gasteiger partial charge on any atom is 0.293 e. The standard InChI is InChI=1S/C16H16N2O3/c19-16(12-7-9-4-5-10(12)6-9)13-8-17-15-11(13)2-1-3-14(15)18(20)21/h1-3,8-10,12,17H,4-7H2. The van der Waals surface area contributed by atoms with Crippen LogP contribution in [0.2, 0.25) is 0 Å². The molecular weight excluding hydrogens is 268 g/mol. The van der Waals surface area contributed by atoms with Gasteiger partial charge in [-0.05, 0) is 31.1 Å². The quantitative estimate of drug-likeness (QED) is 0.530. The van der Waals surface area contributed by atoms with Crippen LogP contribution in [0.15, 0.2) is 24.4 Å². The first-order chi connectivity index (χ1) is 10.1. The van der Waals surface area contributed by atoms with Crippen molar-refractivity contribution in [1.29, 1.82) is 0 Å². The number of hydrogen-bond acceptors (Lipinski definition) is 3. The number of benzene rings is 1. The van der Waals surface area contributed by atoms with Gasteiger partial charge in [0.1, 0.15) is 5.52 Å². The van der Waals surface area contributed by atoms with Gasteiger partial charge < -0.3 is 4.98 Å². The average molecular weight is 284 g/mol. The summed E-state index contributed by atoms with van der Waals surface area (Å²) < 4.78 is 0. The number of ketones is 1. The summed E-state index contributed by atoms with van der Waals surface area (Å²) in [5.41, 5.74) is 1.10. The van der Waals surface area contributed by atoms with E-state index >= 15 is 0 Å². The molecule has 0 saturated heterocycles. The Bertz CT molecular complexity index is 749. The van der Waals surface area contributed by atoms with Crippen LogP contribution in [0, 0.1) is 27.9 Å². The number of nitrogens with zero attached hydrogens (tertiary/aromatic N) is 1. The Morgan fingerprint density at radius 2 is 2.14 bits per heavy atom. The molecule has 1 aromatic carbocycles. The van der Waals surface area contributed by atoms with Gasteiger partial charge in [-0.1, -0.05) is 18.6 Å². The molecule has 2 aliphatic rings. The fraction of sp³-hybridized carbons (Fsp3) is 0.438. The van der Waals surface area contributed by atoms with Gasteiger partial charge in [0, 0.05) is 29.1 Å². The Morgan fingerprint density at radius 3 is 2.81 bits per heavy atom. The third kappa shape index (κ3) is 1.80. The second-order valence-electron chi connectivity index (χ2n) is 6.30. The van der Waals surface area contributed by atoms with Gasteiger partial charge in [-0.3, -0.25) is 14.9 Å². The van der Waals surface area contributed by atoms with E-state index in [1.165, 1.54) is 18.9 Å². The molecule has 5 nitrogen and oxygen atoms in total. The van der Waals surface area contributed by atoms with Gasteiger partial charge in [-0.25, -0.2) is 0 Å². The summed E-state index contributed by atoms with van der Waals surface area (Å²) in [6.45, 7) is 0. The maximum atomic E-state index is 12.8. The van der Waals surface area contributed by atoms with E-state index in [0.29, 0.717) is 28.3 Å². The first-order valence-corrected chi connectivity index (χ1v) is 7.44. The Labute approximate surface area is 121 Å². The number of nitrogens with one attached hydrogen (secondary N) is 1. The summed E-state index contributed by atoms with van der Waals surface area (Å²) in [4.78, 5) is 26.4. The van der Waals surface area contributed by atoms with Gasteiger partial charge in [0.15, 0.2) is 5.78 Å². The number of carbonyl (C=O) groups excluding carboxylic acids is 1. The van der Waals surface area contributed by atoms with Gasteiger partial charge >= 0.3 is 0 Å². The van der Waals surface area contributed by atoms with E-state index in [2.05, 4.69) is 4.98 Å². The first kappa shape index (κ1) is 12.6. The highest BCUT2D eigenvalue weighted by Gasteiger charge is 2.43. The fourth-order valence-electron chi connectivity index (χ4n) is 4.26. The van der Waals surface area contributed by atoms with E-state index in [0.717, 1.165) is 12.8 Å². The monoisotopic (exact) mass is 284 g/mol. The van der Waals surface area contributed by atoms with E-state index in [1.54, 1.807) is 18.3 Å². The number of H-pyrrole nitrogens is 1. The van der Waals surface area contributed by atoms with Gasteiger partial charge in [-0.15, -0.1) is 0 Å². The predicted molar refractivity (Wildman–Crippen MR) is 78.2 cm³/mol. The molecule has 0 aliphatic heterocycles. The zero-order chi connectivity index (χ0) is 14.6. The van der Waals surface area contributed by atoms with Crippen LogP contribution < -0.4 is 0 Å². The highest BCUT2D eigenvalue weighted by Crippen LogP contribution is 2.49. The van der Waals surface area contributed by atoms with Crippen LogP contribution >= 0.6 is 0 Å².